The van der Waals surface area contributed by atoms with Crippen molar-refractivity contribution < 1.29 is 9.84 Å². The van der Waals surface area contributed by atoms with Crippen molar-refractivity contribution >= 4 is 0 Å². The van der Waals surface area contributed by atoms with Gasteiger partial charge in [0.25, 0.3) is 0 Å². The molecule has 0 amide bonds. The summed E-state index contributed by atoms with van der Waals surface area (Å²) in [5.74, 6) is 1.66. The van der Waals surface area contributed by atoms with Crippen LogP contribution in [-0.2, 0) is 0 Å². The summed E-state index contributed by atoms with van der Waals surface area (Å²) in [5.41, 5.74) is 0.913. The Morgan fingerprint density at radius 1 is 1.32 bits per heavy atom. The molecule has 1 aliphatic rings. The van der Waals surface area contributed by atoms with E-state index in [1.807, 2.05) is 24.3 Å². The normalized spacial score (nSPS) is 25.0. The molecule has 1 atom stereocenters. The maximum Gasteiger partial charge on any atom is 0.119 e. The van der Waals surface area contributed by atoms with E-state index >= 15 is 0 Å². The number of benzene rings is 1. The van der Waals surface area contributed by atoms with E-state index in [4.69, 9.17) is 4.74 Å². The Labute approximate surface area is 116 Å². The monoisotopic (exact) mass is 263 g/mol. The van der Waals surface area contributed by atoms with Crippen molar-refractivity contribution in [1.82, 2.24) is 5.32 Å². The first-order valence-corrected chi connectivity index (χ1v) is 7.24. The highest BCUT2D eigenvalue weighted by Crippen LogP contribution is 2.24. The molecule has 1 aliphatic carbocycles. The third-order valence-corrected chi connectivity index (χ3v) is 4.09. The lowest BCUT2D eigenvalue weighted by atomic mass is 9.87. The lowest BCUT2D eigenvalue weighted by Crippen LogP contribution is -2.35. The maximum atomic E-state index is 10.2. The minimum Gasteiger partial charge on any atom is -0.497 e. The topological polar surface area (TPSA) is 41.5 Å². The minimum absolute atomic E-state index is 0.463. The third-order valence-electron chi connectivity index (χ3n) is 4.09. The maximum absolute atomic E-state index is 10.2. The average molecular weight is 263 g/mol. The summed E-state index contributed by atoms with van der Waals surface area (Å²) in [6.45, 7) is 2.94. The van der Waals surface area contributed by atoms with Gasteiger partial charge in [-0.05, 0) is 49.3 Å². The summed E-state index contributed by atoms with van der Waals surface area (Å²) in [5, 5.41) is 13.7. The number of aliphatic hydroxyl groups excluding tert-OH is 1. The van der Waals surface area contributed by atoms with E-state index in [-0.39, 0.29) is 0 Å². The molecule has 1 aromatic rings. The second-order valence-electron chi connectivity index (χ2n) is 5.66. The van der Waals surface area contributed by atoms with Crippen LogP contribution in [0.1, 0.15) is 44.3 Å². The average Bonchev–Trinajstić information content (AvgIpc) is 2.46. The van der Waals surface area contributed by atoms with Crippen molar-refractivity contribution in [3.63, 3.8) is 0 Å². The fourth-order valence-electron chi connectivity index (χ4n) is 2.71. The first kappa shape index (κ1) is 14.4. The number of hydrogen-bond donors (Lipinski definition) is 2. The highest BCUT2D eigenvalue weighted by molar-refractivity contribution is 5.29. The van der Waals surface area contributed by atoms with Crippen molar-refractivity contribution in [2.24, 2.45) is 5.92 Å². The summed E-state index contributed by atoms with van der Waals surface area (Å²) in [7, 11) is 1.65. The summed E-state index contributed by atoms with van der Waals surface area (Å²) in [4.78, 5) is 0. The summed E-state index contributed by atoms with van der Waals surface area (Å²) >= 11 is 0. The van der Waals surface area contributed by atoms with Gasteiger partial charge in [0.1, 0.15) is 5.75 Å². The first-order valence-electron chi connectivity index (χ1n) is 7.24. The van der Waals surface area contributed by atoms with Gasteiger partial charge in [-0.3, -0.25) is 0 Å². The van der Waals surface area contributed by atoms with Crippen LogP contribution in [0.15, 0.2) is 24.3 Å². The van der Waals surface area contributed by atoms with E-state index in [1.54, 1.807) is 7.11 Å². The molecule has 3 heteroatoms. The van der Waals surface area contributed by atoms with Gasteiger partial charge in [0.05, 0.1) is 13.2 Å². The molecule has 106 valence electrons. The predicted molar refractivity (Wildman–Crippen MR) is 77.4 cm³/mol. The fourth-order valence-corrected chi connectivity index (χ4v) is 2.71. The van der Waals surface area contributed by atoms with Gasteiger partial charge in [0.15, 0.2) is 0 Å². The largest absolute Gasteiger partial charge is 0.497 e. The summed E-state index contributed by atoms with van der Waals surface area (Å²) in [6, 6.07) is 8.22. The Bertz CT molecular complexity index is 386. The van der Waals surface area contributed by atoms with Crippen molar-refractivity contribution in [1.29, 1.82) is 0 Å². The molecule has 19 heavy (non-hydrogen) atoms. The highest BCUT2D eigenvalue weighted by atomic mass is 16.5. The molecular formula is C16H25NO2. The van der Waals surface area contributed by atoms with E-state index in [0.717, 1.165) is 17.2 Å². The zero-order valence-electron chi connectivity index (χ0n) is 11.9. The molecule has 1 fully saturated rings. The molecule has 0 aromatic heterocycles. The number of methoxy groups -OCH3 is 1. The predicted octanol–water partition coefficient (Wildman–Crippen LogP) is 2.90. The van der Waals surface area contributed by atoms with E-state index in [2.05, 4.69) is 12.2 Å². The van der Waals surface area contributed by atoms with Gasteiger partial charge in [-0.1, -0.05) is 19.1 Å². The number of nitrogens with one attached hydrogen (secondary N) is 1. The van der Waals surface area contributed by atoms with Gasteiger partial charge >= 0.3 is 0 Å². The second-order valence-corrected chi connectivity index (χ2v) is 5.66. The van der Waals surface area contributed by atoms with Crippen LogP contribution in [0.25, 0.3) is 0 Å². The number of hydrogen-bond acceptors (Lipinski definition) is 3. The summed E-state index contributed by atoms with van der Waals surface area (Å²) in [6.07, 6.45) is 4.59. The van der Waals surface area contributed by atoms with Crippen LogP contribution in [0, 0.1) is 5.92 Å². The number of rotatable bonds is 5. The molecule has 2 rings (SSSR count). The van der Waals surface area contributed by atoms with Crippen LogP contribution in [0.3, 0.4) is 0 Å². The van der Waals surface area contributed by atoms with Crippen LogP contribution in [0.2, 0.25) is 0 Å². The van der Waals surface area contributed by atoms with Crippen molar-refractivity contribution in [3.05, 3.63) is 29.8 Å². The fraction of sp³-hybridized carbons (Fsp3) is 0.625. The first-order chi connectivity index (χ1) is 9.19. The van der Waals surface area contributed by atoms with Gasteiger partial charge in [-0.15, -0.1) is 0 Å². The van der Waals surface area contributed by atoms with Crippen LogP contribution in [-0.4, -0.2) is 24.8 Å². The van der Waals surface area contributed by atoms with Crippen LogP contribution in [0.4, 0.5) is 0 Å². The quantitative estimate of drug-likeness (QED) is 0.858. The lowest BCUT2D eigenvalue weighted by Gasteiger charge is -2.28. The number of aliphatic hydroxyl groups is 1. The zero-order chi connectivity index (χ0) is 13.7. The molecule has 3 nitrogen and oxygen atoms in total. The molecule has 0 saturated heterocycles. The Hall–Kier alpha value is -1.06. The molecule has 0 bridgehead atoms. The van der Waals surface area contributed by atoms with Crippen molar-refractivity contribution in [2.45, 2.75) is 44.8 Å². The molecule has 1 saturated carbocycles. The molecule has 1 unspecified atom stereocenters. The van der Waals surface area contributed by atoms with Gasteiger partial charge < -0.3 is 15.2 Å². The molecule has 0 spiro atoms. The lowest BCUT2D eigenvalue weighted by molar-refractivity contribution is 0.162. The minimum atomic E-state index is -0.463. The Morgan fingerprint density at radius 2 is 2.05 bits per heavy atom. The van der Waals surface area contributed by atoms with Crippen LogP contribution in [0.5, 0.6) is 5.75 Å². The van der Waals surface area contributed by atoms with Gasteiger partial charge in [0.2, 0.25) is 0 Å². The molecule has 1 aromatic carbocycles. The Kier molecular flexibility index (Phi) is 5.23. The second kappa shape index (κ2) is 6.92. The van der Waals surface area contributed by atoms with Gasteiger partial charge in [0, 0.05) is 12.6 Å². The van der Waals surface area contributed by atoms with Crippen molar-refractivity contribution in [3.8, 4) is 5.75 Å². The molecular weight excluding hydrogens is 238 g/mol. The molecule has 0 aliphatic heterocycles. The zero-order valence-corrected chi connectivity index (χ0v) is 11.9. The van der Waals surface area contributed by atoms with Crippen LogP contribution >= 0.6 is 0 Å². The smallest absolute Gasteiger partial charge is 0.119 e. The Balaban J connectivity index is 1.81. The Morgan fingerprint density at radius 3 is 2.74 bits per heavy atom. The van der Waals surface area contributed by atoms with E-state index in [0.29, 0.717) is 12.6 Å². The molecule has 0 heterocycles. The van der Waals surface area contributed by atoms with Crippen molar-refractivity contribution in [2.75, 3.05) is 13.7 Å². The van der Waals surface area contributed by atoms with Gasteiger partial charge in [-0.25, -0.2) is 0 Å². The number of ether oxygens (including phenoxy) is 1. The van der Waals surface area contributed by atoms with Crippen LogP contribution < -0.4 is 10.1 Å². The van der Waals surface area contributed by atoms with E-state index < -0.39 is 6.10 Å². The SMILES string of the molecule is COc1cccc(C(O)CNC2CCC(C)CC2)c1. The van der Waals surface area contributed by atoms with E-state index in [1.165, 1.54) is 25.7 Å². The third kappa shape index (κ3) is 4.22. The molecule has 2 N–H and O–H groups in total. The van der Waals surface area contributed by atoms with Gasteiger partial charge in [-0.2, -0.15) is 0 Å². The van der Waals surface area contributed by atoms with E-state index in [9.17, 15) is 5.11 Å². The molecule has 0 radical (unpaired) electrons. The standard InChI is InChI=1S/C16H25NO2/c1-12-6-8-14(9-7-12)17-11-16(18)13-4-3-5-15(10-13)19-2/h3-5,10,12,14,16-18H,6-9,11H2,1-2H3. The highest BCUT2D eigenvalue weighted by Gasteiger charge is 2.18. The summed E-state index contributed by atoms with van der Waals surface area (Å²) < 4.78 is 5.18.